The molecule has 0 aromatic heterocycles. The van der Waals surface area contributed by atoms with Crippen molar-refractivity contribution in [3.05, 3.63) is 95.6 Å². The van der Waals surface area contributed by atoms with E-state index in [0.29, 0.717) is 18.7 Å². The van der Waals surface area contributed by atoms with E-state index in [-0.39, 0.29) is 23.3 Å². The van der Waals surface area contributed by atoms with Gasteiger partial charge in [0.2, 0.25) is 11.8 Å². The van der Waals surface area contributed by atoms with Crippen LogP contribution in [0.4, 0.5) is 5.69 Å². The second kappa shape index (κ2) is 13.4. The van der Waals surface area contributed by atoms with Gasteiger partial charge in [-0.1, -0.05) is 80.1 Å². The number of aryl methyl sites for hydroxylation is 2. The van der Waals surface area contributed by atoms with Gasteiger partial charge in [-0.2, -0.15) is 0 Å². The topological polar surface area (TPSA) is 86.8 Å². The first kappa shape index (κ1) is 29.9. The lowest BCUT2D eigenvalue weighted by atomic mass is 10.1. The predicted molar refractivity (Wildman–Crippen MR) is 156 cm³/mol. The molecule has 0 aliphatic heterocycles. The van der Waals surface area contributed by atoms with E-state index < -0.39 is 28.5 Å². The zero-order valence-electron chi connectivity index (χ0n) is 23.4. The third kappa shape index (κ3) is 7.93. The molecule has 0 bridgehead atoms. The van der Waals surface area contributed by atoms with Crippen LogP contribution in [0.1, 0.15) is 37.5 Å². The number of benzene rings is 3. The number of carbonyl (C=O) groups excluding carboxylic acids is 2. The van der Waals surface area contributed by atoms with Crippen molar-refractivity contribution < 1.29 is 18.0 Å². The van der Waals surface area contributed by atoms with Gasteiger partial charge >= 0.3 is 0 Å². The van der Waals surface area contributed by atoms with E-state index in [4.69, 9.17) is 0 Å². The smallest absolute Gasteiger partial charge is 0.264 e. The summed E-state index contributed by atoms with van der Waals surface area (Å²) in [7, 11) is -4.07. The molecule has 8 heteroatoms. The van der Waals surface area contributed by atoms with Gasteiger partial charge in [0.15, 0.2) is 0 Å². The molecule has 1 atom stereocenters. The molecular weight excluding hydrogens is 510 g/mol. The van der Waals surface area contributed by atoms with Crippen molar-refractivity contribution in [2.24, 2.45) is 5.92 Å². The molecule has 3 aromatic carbocycles. The number of para-hydroxylation sites is 1. The van der Waals surface area contributed by atoms with Crippen LogP contribution in [-0.4, -0.2) is 50.8 Å². The van der Waals surface area contributed by atoms with Gasteiger partial charge in [0.1, 0.15) is 12.6 Å². The van der Waals surface area contributed by atoms with Crippen molar-refractivity contribution in [1.82, 2.24) is 10.2 Å². The van der Waals surface area contributed by atoms with Gasteiger partial charge < -0.3 is 10.2 Å². The fourth-order valence-corrected chi connectivity index (χ4v) is 5.70. The minimum atomic E-state index is -4.07. The molecule has 7 nitrogen and oxygen atoms in total. The molecular formula is C31H39N3O4S. The summed E-state index contributed by atoms with van der Waals surface area (Å²) in [6, 6.07) is 22.6. The van der Waals surface area contributed by atoms with Gasteiger partial charge in [0.25, 0.3) is 10.0 Å². The van der Waals surface area contributed by atoms with Crippen LogP contribution in [0.15, 0.2) is 83.8 Å². The third-order valence-electron chi connectivity index (χ3n) is 6.61. The molecule has 208 valence electrons. The Hall–Kier alpha value is -3.65. The zero-order chi connectivity index (χ0) is 28.6. The molecule has 0 aliphatic carbocycles. The highest BCUT2D eigenvalue weighted by Crippen LogP contribution is 2.27. The largest absolute Gasteiger partial charge is 0.354 e. The summed E-state index contributed by atoms with van der Waals surface area (Å²) in [4.78, 5) is 28.5. The molecule has 0 saturated heterocycles. The molecule has 0 unspecified atom stereocenters. The molecule has 3 aromatic rings. The fraction of sp³-hybridized carbons (Fsp3) is 0.355. The molecule has 1 N–H and O–H groups in total. The maximum Gasteiger partial charge on any atom is 0.264 e. The summed E-state index contributed by atoms with van der Waals surface area (Å²) in [5.74, 6) is -0.461. The van der Waals surface area contributed by atoms with Crippen molar-refractivity contribution in [1.29, 1.82) is 0 Å². The van der Waals surface area contributed by atoms with E-state index in [1.807, 2.05) is 70.2 Å². The lowest BCUT2D eigenvalue weighted by Gasteiger charge is -2.32. The van der Waals surface area contributed by atoms with Crippen molar-refractivity contribution in [2.45, 2.75) is 52.0 Å². The second-order valence-corrected chi connectivity index (χ2v) is 12.1. The van der Waals surface area contributed by atoms with Crippen LogP contribution in [0.5, 0.6) is 0 Å². The Bertz CT molecular complexity index is 1360. The average molecular weight is 550 g/mol. The molecule has 0 fully saturated rings. The minimum Gasteiger partial charge on any atom is -0.354 e. The zero-order valence-corrected chi connectivity index (χ0v) is 24.2. The quantitative estimate of drug-likeness (QED) is 0.354. The molecule has 3 rings (SSSR count). The number of hydrogen-bond donors (Lipinski definition) is 1. The number of carbonyl (C=O) groups is 2. The van der Waals surface area contributed by atoms with Crippen molar-refractivity contribution in [2.75, 3.05) is 23.9 Å². The minimum absolute atomic E-state index is 0.0997. The first-order chi connectivity index (χ1) is 18.5. The van der Waals surface area contributed by atoms with Crippen molar-refractivity contribution in [3.8, 4) is 0 Å². The Kier molecular flexibility index (Phi) is 10.3. The van der Waals surface area contributed by atoms with E-state index >= 15 is 0 Å². The summed E-state index contributed by atoms with van der Waals surface area (Å²) in [6.07, 6.45) is 0.531. The van der Waals surface area contributed by atoms with Gasteiger partial charge in [-0.05, 0) is 62.4 Å². The van der Waals surface area contributed by atoms with Crippen molar-refractivity contribution >= 4 is 27.5 Å². The molecule has 2 amide bonds. The van der Waals surface area contributed by atoms with E-state index in [9.17, 15) is 18.0 Å². The summed E-state index contributed by atoms with van der Waals surface area (Å²) < 4.78 is 28.9. The van der Waals surface area contributed by atoms with Gasteiger partial charge in [-0.25, -0.2) is 8.42 Å². The lowest BCUT2D eigenvalue weighted by molar-refractivity contribution is -0.138. The first-order valence-corrected chi connectivity index (χ1v) is 14.7. The highest BCUT2D eigenvalue weighted by Gasteiger charge is 2.32. The lowest BCUT2D eigenvalue weighted by Crippen LogP contribution is -2.52. The number of anilines is 1. The molecule has 0 saturated carbocycles. The van der Waals surface area contributed by atoms with Crippen LogP contribution in [0.3, 0.4) is 0 Å². The molecule has 0 aliphatic rings. The Morgan fingerprint density at radius 2 is 1.46 bits per heavy atom. The maximum absolute atomic E-state index is 13.9. The van der Waals surface area contributed by atoms with E-state index in [1.54, 1.807) is 43.3 Å². The normalized spacial score (nSPS) is 12.2. The number of nitrogens with one attached hydrogen (secondary N) is 1. The van der Waals surface area contributed by atoms with E-state index in [0.717, 1.165) is 21.0 Å². The Balaban J connectivity index is 1.97. The molecule has 0 spiro atoms. The van der Waals surface area contributed by atoms with Crippen LogP contribution in [0.25, 0.3) is 0 Å². The highest BCUT2D eigenvalue weighted by molar-refractivity contribution is 7.92. The summed E-state index contributed by atoms with van der Waals surface area (Å²) in [6.45, 7) is 9.70. The fourth-order valence-electron chi connectivity index (χ4n) is 4.22. The first-order valence-electron chi connectivity index (χ1n) is 13.3. The van der Waals surface area contributed by atoms with Crippen LogP contribution in [0, 0.1) is 19.8 Å². The average Bonchev–Trinajstić information content (AvgIpc) is 2.91. The van der Waals surface area contributed by atoms with E-state index in [2.05, 4.69) is 5.32 Å². The van der Waals surface area contributed by atoms with Crippen LogP contribution >= 0.6 is 0 Å². The maximum atomic E-state index is 13.9. The predicted octanol–water partition coefficient (Wildman–Crippen LogP) is 4.73. The van der Waals surface area contributed by atoms with Crippen LogP contribution in [0.2, 0.25) is 0 Å². The molecule has 0 radical (unpaired) electrons. The van der Waals surface area contributed by atoms with Crippen LogP contribution in [-0.2, 0) is 26.0 Å². The second-order valence-electron chi connectivity index (χ2n) is 10.2. The molecule has 39 heavy (non-hydrogen) atoms. The van der Waals surface area contributed by atoms with Gasteiger partial charge in [-0.3, -0.25) is 13.9 Å². The van der Waals surface area contributed by atoms with E-state index in [1.165, 1.54) is 4.90 Å². The third-order valence-corrected chi connectivity index (χ3v) is 8.38. The number of amides is 2. The standard InChI is InChI=1S/C31H39N3O4S/c1-23(2)21-32-31(36)26(5)33(20-19-27-12-7-6-8-13-27)30(35)22-34(29-14-10-9-11-25(29)4)39(37,38)28-17-15-24(3)16-18-28/h6-18,23,26H,19-22H2,1-5H3,(H,32,36)/t26-/m0/s1. The monoisotopic (exact) mass is 549 g/mol. The Labute approximate surface area is 232 Å². The van der Waals surface area contributed by atoms with Gasteiger partial charge in [-0.15, -0.1) is 0 Å². The van der Waals surface area contributed by atoms with Gasteiger partial charge in [0, 0.05) is 13.1 Å². The number of nitrogens with zero attached hydrogens (tertiary/aromatic N) is 2. The summed E-state index contributed by atoms with van der Waals surface area (Å²) in [5, 5.41) is 2.91. The van der Waals surface area contributed by atoms with Crippen molar-refractivity contribution in [3.63, 3.8) is 0 Å². The number of rotatable bonds is 12. The van der Waals surface area contributed by atoms with Crippen LogP contribution < -0.4 is 9.62 Å². The van der Waals surface area contributed by atoms with Gasteiger partial charge in [0.05, 0.1) is 10.6 Å². The Morgan fingerprint density at radius 1 is 0.846 bits per heavy atom. The SMILES string of the molecule is Cc1ccc(S(=O)(=O)N(CC(=O)N(CCc2ccccc2)[C@@H](C)C(=O)NCC(C)C)c2ccccc2C)cc1. The number of hydrogen-bond acceptors (Lipinski definition) is 4. The summed E-state index contributed by atoms with van der Waals surface area (Å²) in [5.41, 5.74) is 3.10. The molecule has 0 heterocycles. The highest BCUT2D eigenvalue weighted by atomic mass is 32.2. The number of sulfonamides is 1. The summed E-state index contributed by atoms with van der Waals surface area (Å²) >= 11 is 0. The Morgan fingerprint density at radius 3 is 2.08 bits per heavy atom.